The molecule has 5 rings (SSSR count). The number of H-pyrrole nitrogens is 1. The topological polar surface area (TPSA) is 82.2 Å². The number of hydrogen-bond donors (Lipinski definition) is 1. The Kier molecular flexibility index (Phi) is 5.72. The molecule has 0 bridgehead atoms. The molecule has 11 heteroatoms. The molecule has 1 N–H and O–H groups in total. The van der Waals surface area contributed by atoms with E-state index >= 15 is 0 Å². The second-order valence-corrected chi connectivity index (χ2v) is 11.0. The van der Waals surface area contributed by atoms with E-state index in [9.17, 15) is 21.6 Å². The van der Waals surface area contributed by atoms with Crippen LogP contribution in [0.4, 0.5) is 18.9 Å². The lowest BCUT2D eigenvalue weighted by Crippen LogP contribution is -2.47. The second kappa shape index (κ2) is 8.43. The molecule has 0 saturated carbocycles. The number of anilines is 1. The lowest BCUT2D eigenvalue weighted by Gasteiger charge is -2.36. The van der Waals surface area contributed by atoms with E-state index in [0.717, 1.165) is 31.9 Å². The number of nitrogens with one attached hydrogen (secondary N) is 1. The van der Waals surface area contributed by atoms with Gasteiger partial charge in [0.15, 0.2) is 0 Å². The number of halogens is 3. The maximum Gasteiger partial charge on any atom is 0.393 e. The van der Waals surface area contributed by atoms with E-state index in [0.29, 0.717) is 25.9 Å². The molecule has 7 nitrogen and oxygen atoms in total. The minimum absolute atomic E-state index is 0.00225. The fraction of sp³-hybridized carbons (Fsp3) is 0.545. The van der Waals surface area contributed by atoms with Crippen LogP contribution in [0.15, 0.2) is 30.7 Å². The lowest BCUT2D eigenvalue weighted by atomic mass is 9.98. The molecule has 1 unspecified atom stereocenters. The zero-order valence-corrected chi connectivity index (χ0v) is 18.9. The molecular weight excluding hydrogens is 455 g/mol. The Morgan fingerprint density at radius 3 is 2.64 bits per heavy atom. The number of fused-ring (bicyclic) bond motifs is 3. The summed E-state index contributed by atoms with van der Waals surface area (Å²) in [6.45, 7) is 1.09. The van der Waals surface area contributed by atoms with Crippen molar-refractivity contribution in [2.45, 2.75) is 31.9 Å². The number of sulfonamides is 1. The predicted octanol–water partition coefficient (Wildman–Crippen LogP) is 3.93. The number of hydrogen-bond acceptors (Lipinski definition) is 5. The van der Waals surface area contributed by atoms with E-state index in [-0.39, 0.29) is 31.1 Å². The molecule has 0 amide bonds. The fourth-order valence-electron chi connectivity index (χ4n) is 5.11. The van der Waals surface area contributed by atoms with Gasteiger partial charge in [-0.05, 0) is 43.7 Å². The van der Waals surface area contributed by atoms with Crippen LogP contribution in [0.5, 0.6) is 0 Å². The molecule has 2 saturated heterocycles. The van der Waals surface area contributed by atoms with Gasteiger partial charge in [-0.15, -0.1) is 0 Å². The minimum Gasteiger partial charge on any atom is -0.371 e. The Balaban J connectivity index is 1.28. The van der Waals surface area contributed by atoms with E-state index in [1.165, 1.54) is 0 Å². The predicted molar refractivity (Wildman–Crippen MR) is 120 cm³/mol. The van der Waals surface area contributed by atoms with E-state index in [4.69, 9.17) is 0 Å². The Hall–Kier alpha value is -2.40. The Labute approximate surface area is 190 Å². The van der Waals surface area contributed by atoms with Crippen LogP contribution in [0.25, 0.3) is 21.9 Å². The summed E-state index contributed by atoms with van der Waals surface area (Å²) >= 11 is 0. The largest absolute Gasteiger partial charge is 0.393 e. The van der Waals surface area contributed by atoms with Gasteiger partial charge in [0.2, 0.25) is 10.0 Å². The number of nitrogens with zero attached hydrogens (tertiary/aromatic N) is 4. The maximum absolute atomic E-state index is 13.1. The summed E-state index contributed by atoms with van der Waals surface area (Å²) in [5, 5.41) is 2.01. The molecule has 1 atom stereocenters. The van der Waals surface area contributed by atoms with E-state index in [1.54, 1.807) is 12.4 Å². The Morgan fingerprint density at radius 1 is 1.09 bits per heavy atom. The van der Waals surface area contributed by atoms with Crippen molar-refractivity contribution < 1.29 is 21.6 Å². The van der Waals surface area contributed by atoms with Crippen LogP contribution in [0, 0.1) is 11.8 Å². The molecule has 3 aromatic rings. The number of aromatic amines is 1. The number of rotatable bonds is 4. The summed E-state index contributed by atoms with van der Waals surface area (Å²) in [6.07, 6.45) is 2.56. The summed E-state index contributed by atoms with van der Waals surface area (Å²) < 4.78 is 66.2. The summed E-state index contributed by atoms with van der Waals surface area (Å²) in [5.74, 6) is -1.73. The van der Waals surface area contributed by atoms with Crippen LogP contribution in [0.3, 0.4) is 0 Å². The number of piperidine rings is 2. The Bertz CT molecular complexity index is 1250. The van der Waals surface area contributed by atoms with Crippen LogP contribution < -0.4 is 4.90 Å². The van der Waals surface area contributed by atoms with Gasteiger partial charge in [-0.3, -0.25) is 4.98 Å². The second-order valence-electron chi connectivity index (χ2n) is 9.04. The molecule has 0 aromatic carbocycles. The standard InChI is InChI=1S/C22H26F3N5O2S/c23-22(24,25)16-2-1-9-30(13-16)33(31,32)14-15-5-10-29(11-6-15)19-4-8-26-18-12-28-21-17(20(18)19)3-7-27-21/h3-4,7-8,12,15-16H,1-2,5-6,9-11,13-14H2,(H,27,28). The summed E-state index contributed by atoms with van der Waals surface area (Å²) in [6, 6.07) is 3.94. The molecular formula is C22H26F3N5O2S. The van der Waals surface area contributed by atoms with Gasteiger partial charge in [-0.2, -0.15) is 13.2 Å². The summed E-state index contributed by atoms with van der Waals surface area (Å²) in [4.78, 5) is 14.2. The molecule has 5 heterocycles. The van der Waals surface area contributed by atoms with Gasteiger partial charge in [0.25, 0.3) is 0 Å². The highest BCUT2D eigenvalue weighted by atomic mass is 32.2. The van der Waals surface area contributed by atoms with E-state index in [2.05, 4.69) is 19.9 Å². The summed E-state index contributed by atoms with van der Waals surface area (Å²) in [7, 11) is -3.72. The van der Waals surface area contributed by atoms with Crippen molar-refractivity contribution in [3.05, 3.63) is 30.7 Å². The van der Waals surface area contributed by atoms with Gasteiger partial charge in [0.05, 0.1) is 23.4 Å². The molecule has 2 aliphatic heterocycles. The molecule has 3 aromatic heterocycles. The highest BCUT2D eigenvalue weighted by molar-refractivity contribution is 7.89. The normalized spacial score (nSPS) is 21.8. The van der Waals surface area contributed by atoms with Crippen LogP contribution in [0.2, 0.25) is 0 Å². The van der Waals surface area contributed by atoms with Crippen LogP contribution in [0.1, 0.15) is 25.7 Å². The van der Waals surface area contributed by atoms with Crippen molar-refractivity contribution in [2.24, 2.45) is 11.8 Å². The average Bonchev–Trinajstić information content (AvgIpc) is 3.28. The highest BCUT2D eigenvalue weighted by Gasteiger charge is 2.44. The first-order valence-electron chi connectivity index (χ1n) is 11.2. The van der Waals surface area contributed by atoms with Gasteiger partial charge in [0.1, 0.15) is 5.65 Å². The van der Waals surface area contributed by atoms with Crippen molar-refractivity contribution in [3.8, 4) is 0 Å². The first kappa shape index (κ1) is 22.4. The molecule has 0 spiro atoms. The third-order valence-corrected chi connectivity index (χ3v) is 8.92. The molecule has 0 aliphatic carbocycles. The average molecular weight is 482 g/mol. The first-order chi connectivity index (χ1) is 15.7. The van der Waals surface area contributed by atoms with E-state index in [1.807, 2.05) is 18.3 Å². The SMILES string of the molecule is O=S(=O)(CC1CCN(c2ccnc3cnc4[nH]ccc4c23)CC1)N1CCCC(C(F)(F)F)C1. The maximum atomic E-state index is 13.1. The monoisotopic (exact) mass is 481 g/mol. The van der Waals surface area contributed by atoms with Crippen molar-refractivity contribution in [2.75, 3.05) is 36.8 Å². The van der Waals surface area contributed by atoms with Gasteiger partial charge in [-0.1, -0.05) is 0 Å². The molecule has 2 aliphatic rings. The van der Waals surface area contributed by atoms with Crippen LogP contribution >= 0.6 is 0 Å². The quantitative estimate of drug-likeness (QED) is 0.611. The van der Waals surface area contributed by atoms with E-state index < -0.39 is 28.7 Å². The van der Waals surface area contributed by atoms with Crippen LogP contribution in [-0.4, -0.2) is 65.8 Å². The Morgan fingerprint density at radius 2 is 1.88 bits per heavy atom. The fourth-order valence-corrected chi connectivity index (χ4v) is 7.06. The van der Waals surface area contributed by atoms with Gasteiger partial charge in [0, 0.05) is 55.0 Å². The number of alkyl halides is 3. The number of pyridine rings is 2. The van der Waals surface area contributed by atoms with Gasteiger partial charge < -0.3 is 9.88 Å². The summed E-state index contributed by atoms with van der Waals surface area (Å²) in [5.41, 5.74) is 2.63. The molecule has 2 fully saturated rings. The highest BCUT2D eigenvalue weighted by Crippen LogP contribution is 2.36. The number of aromatic nitrogens is 3. The van der Waals surface area contributed by atoms with Gasteiger partial charge >= 0.3 is 6.18 Å². The zero-order chi connectivity index (χ0) is 23.2. The van der Waals surface area contributed by atoms with Crippen LogP contribution in [-0.2, 0) is 10.0 Å². The lowest BCUT2D eigenvalue weighted by molar-refractivity contribution is -0.182. The van der Waals surface area contributed by atoms with Crippen molar-refractivity contribution in [1.29, 1.82) is 0 Å². The third-order valence-electron chi connectivity index (χ3n) is 6.91. The van der Waals surface area contributed by atoms with Gasteiger partial charge in [-0.25, -0.2) is 17.7 Å². The zero-order valence-electron chi connectivity index (χ0n) is 18.1. The molecule has 33 heavy (non-hydrogen) atoms. The minimum atomic E-state index is -4.35. The molecule has 0 radical (unpaired) electrons. The smallest absolute Gasteiger partial charge is 0.371 e. The van der Waals surface area contributed by atoms with Crippen molar-refractivity contribution in [3.63, 3.8) is 0 Å². The van der Waals surface area contributed by atoms with Crippen molar-refractivity contribution in [1.82, 2.24) is 19.3 Å². The first-order valence-corrected chi connectivity index (χ1v) is 12.8. The van der Waals surface area contributed by atoms with Crippen molar-refractivity contribution >= 4 is 37.6 Å². The third kappa shape index (κ3) is 4.40. The molecule has 178 valence electrons.